The van der Waals surface area contributed by atoms with E-state index < -0.39 is 0 Å². The van der Waals surface area contributed by atoms with Crippen LogP contribution in [0.3, 0.4) is 0 Å². The molecule has 0 amide bonds. The van der Waals surface area contributed by atoms with E-state index in [4.69, 9.17) is 9.47 Å². The topological polar surface area (TPSA) is 30.5 Å². The molecule has 0 radical (unpaired) electrons. The first-order chi connectivity index (χ1) is 6.81. The first kappa shape index (κ1) is 13.6. The second-order valence-electron chi connectivity index (χ2n) is 3.33. The van der Waals surface area contributed by atoms with Gasteiger partial charge < -0.3 is 14.8 Å². The number of nitrogens with one attached hydrogen (secondary N) is 1. The second kappa shape index (κ2) is 10.7. The highest BCUT2D eigenvalue weighted by Crippen LogP contribution is 1.90. The predicted molar refractivity (Wildman–Crippen MR) is 59.6 cm³/mol. The maximum absolute atomic E-state index is 5.36. The van der Waals surface area contributed by atoms with Crippen molar-refractivity contribution >= 4 is 0 Å². The van der Waals surface area contributed by atoms with E-state index in [2.05, 4.69) is 18.8 Å². The summed E-state index contributed by atoms with van der Waals surface area (Å²) in [5.41, 5.74) is 0. The van der Waals surface area contributed by atoms with Crippen molar-refractivity contribution in [1.82, 2.24) is 5.32 Å². The van der Waals surface area contributed by atoms with Crippen LogP contribution in [0.2, 0.25) is 0 Å². The summed E-state index contributed by atoms with van der Waals surface area (Å²) in [7, 11) is 1.73. The molecule has 1 N–H and O–H groups in total. The fourth-order valence-corrected chi connectivity index (χ4v) is 1.04. The van der Waals surface area contributed by atoms with Crippen LogP contribution in [0.5, 0.6) is 0 Å². The minimum absolute atomic E-state index is 0.498. The Hall–Kier alpha value is -0.380. The summed E-state index contributed by atoms with van der Waals surface area (Å²) < 4.78 is 10.4. The molecule has 1 atom stereocenters. The zero-order valence-corrected chi connectivity index (χ0v) is 9.42. The molecule has 0 aliphatic heterocycles. The summed E-state index contributed by atoms with van der Waals surface area (Å²) in [6.45, 7) is 9.05. The summed E-state index contributed by atoms with van der Waals surface area (Å²) in [5, 5.41) is 3.36. The zero-order valence-electron chi connectivity index (χ0n) is 9.42. The van der Waals surface area contributed by atoms with Crippen molar-refractivity contribution in [3.8, 4) is 0 Å². The smallest absolute Gasteiger partial charge is 0.0591 e. The lowest BCUT2D eigenvalue weighted by Gasteiger charge is -2.12. The number of hydrogen-bond acceptors (Lipinski definition) is 3. The Balaban J connectivity index is 3.06. The van der Waals surface area contributed by atoms with Gasteiger partial charge in [-0.05, 0) is 19.8 Å². The molecule has 84 valence electrons. The monoisotopic (exact) mass is 201 g/mol. The Labute approximate surface area is 87.5 Å². The van der Waals surface area contributed by atoms with Crippen LogP contribution in [0.15, 0.2) is 12.7 Å². The van der Waals surface area contributed by atoms with Gasteiger partial charge in [-0.25, -0.2) is 0 Å². The van der Waals surface area contributed by atoms with Gasteiger partial charge in [0.25, 0.3) is 0 Å². The van der Waals surface area contributed by atoms with Gasteiger partial charge in [-0.2, -0.15) is 0 Å². The van der Waals surface area contributed by atoms with Gasteiger partial charge >= 0.3 is 0 Å². The van der Waals surface area contributed by atoms with Crippen LogP contribution in [0.1, 0.15) is 19.8 Å². The summed E-state index contributed by atoms with van der Waals surface area (Å²) >= 11 is 0. The quantitative estimate of drug-likeness (QED) is 0.430. The minimum Gasteiger partial charge on any atom is -0.385 e. The van der Waals surface area contributed by atoms with Crippen LogP contribution < -0.4 is 5.32 Å². The van der Waals surface area contributed by atoms with E-state index >= 15 is 0 Å². The largest absolute Gasteiger partial charge is 0.385 e. The van der Waals surface area contributed by atoms with E-state index in [1.165, 1.54) is 0 Å². The third-order valence-corrected chi connectivity index (χ3v) is 1.96. The van der Waals surface area contributed by atoms with Crippen molar-refractivity contribution in [3.05, 3.63) is 12.7 Å². The predicted octanol–water partition coefficient (Wildman–Crippen LogP) is 1.59. The average Bonchev–Trinajstić information content (AvgIpc) is 2.20. The lowest BCUT2D eigenvalue weighted by atomic mass is 10.2. The van der Waals surface area contributed by atoms with Crippen molar-refractivity contribution in [1.29, 1.82) is 0 Å². The third kappa shape index (κ3) is 9.71. The molecule has 0 aromatic rings. The lowest BCUT2D eigenvalue weighted by Crippen LogP contribution is -2.30. The number of rotatable bonds is 10. The van der Waals surface area contributed by atoms with Gasteiger partial charge in [0.2, 0.25) is 0 Å². The van der Waals surface area contributed by atoms with Crippen molar-refractivity contribution < 1.29 is 9.47 Å². The first-order valence-electron chi connectivity index (χ1n) is 5.22. The van der Waals surface area contributed by atoms with Crippen LogP contribution >= 0.6 is 0 Å². The standard InChI is InChI=1S/C11H23NO2/c1-4-5-8-14-10-7-12-11(2)6-9-13-3/h4,11-12H,1,5-10H2,2-3H3. The molecule has 1 unspecified atom stereocenters. The maximum atomic E-state index is 5.36. The Morgan fingerprint density at radius 1 is 1.36 bits per heavy atom. The molecule has 0 aliphatic carbocycles. The summed E-state index contributed by atoms with van der Waals surface area (Å²) in [6, 6.07) is 0.498. The number of methoxy groups -OCH3 is 1. The highest BCUT2D eigenvalue weighted by Gasteiger charge is 1.99. The lowest BCUT2D eigenvalue weighted by molar-refractivity contribution is 0.135. The van der Waals surface area contributed by atoms with Crippen LogP contribution in [-0.2, 0) is 9.47 Å². The number of hydrogen-bond donors (Lipinski definition) is 1. The van der Waals surface area contributed by atoms with E-state index in [0.29, 0.717) is 6.04 Å². The van der Waals surface area contributed by atoms with Gasteiger partial charge in [-0.3, -0.25) is 0 Å². The molecular formula is C11H23NO2. The summed E-state index contributed by atoms with van der Waals surface area (Å²) in [6.07, 6.45) is 3.84. The molecule has 3 heteroatoms. The van der Waals surface area contributed by atoms with Crippen LogP contribution in [0.4, 0.5) is 0 Å². The van der Waals surface area contributed by atoms with Gasteiger partial charge in [0, 0.05) is 26.3 Å². The fourth-order valence-electron chi connectivity index (χ4n) is 1.04. The SMILES string of the molecule is C=CCCOCCNC(C)CCOC. The van der Waals surface area contributed by atoms with E-state index in [-0.39, 0.29) is 0 Å². The molecule has 0 aromatic heterocycles. The molecule has 0 rings (SSSR count). The van der Waals surface area contributed by atoms with Gasteiger partial charge in [0.05, 0.1) is 13.2 Å². The third-order valence-electron chi connectivity index (χ3n) is 1.96. The van der Waals surface area contributed by atoms with Crippen molar-refractivity contribution in [2.45, 2.75) is 25.8 Å². The van der Waals surface area contributed by atoms with Crippen molar-refractivity contribution in [3.63, 3.8) is 0 Å². The Morgan fingerprint density at radius 2 is 2.14 bits per heavy atom. The summed E-state index contributed by atoms with van der Waals surface area (Å²) in [5.74, 6) is 0. The molecule has 3 nitrogen and oxygen atoms in total. The Bertz CT molecular complexity index is 128. The molecule has 0 aliphatic rings. The zero-order chi connectivity index (χ0) is 10.6. The van der Waals surface area contributed by atoms with Crippen molar-refractivity contribution in [2.24, 2.45) is 0 Å². The number of ether oxygens (including phenoxy) is 2. The minimum atomic E-state index is 0.498. The highest BCUT2D eigenvalue weighted by atomic mass is 16.5. The Kier molecular flexibility index (Phi) is 10.4. The van der Waals surface area contributed by atoms with Crippen LogP contribution in [-0.4, -0.2) is 39.5 Å². The van der Waals surface area contributed by atoms with E-state index in [9.17, 15) is 0 Å². The molecule has 14 heavy (non-hydrogen) atoms. The molecular weight excluding hydrogens is 178 g/mol. The fraction of sp³-hybridized carbons (Fsp3) is 0.818. The van der Waals surface area contributed by atoms with Crippen molar-refractivity contribution in [2.75, 3.05) is 33.5 Å². The van der Waals surface area contributed by atoms with Crippen LogP contribution in [0, 0.1) is 0 Å². The van der Waals surface area contributed by atoms with Gasteiger partial charge in [-0.15, -0.1) is 6.58 Å². The van der Waals surface area contributed by atoms with Crippen LogP contribution in [0.25, 0.3) is 0 Å². The first-order valence-corrected chi connectivity index (χ1v) is 5.22. The van der Waals surface area contributed by atoms with Gasteiger partial charge in [0.1, 0.15) is 0 Å². The molecule has 0 bridgehead atoms. The van der Waals surface area contributed by atoms with Gasteiger partial charge in [0.15, 0.2) is 0 Å². The normalized spacial score (nSPS) is 12.7. The molecule has 0 heterocycles. The molecule has 0 aromatic carbocycles. The molecule has 0 fully saturated rings. The van der Waals surface area contributed by atoms with E-state index in [1.54, 1.807) is 7.11 Å². The average molecular weight is 201 g/mol. The second-order valence-corrected chi connectivity index (χ2v) is 3.33. The van der Waals surface area contributed by atoms with E-state index in [0.717, 1.165) is 39.2 Å². The highest BCUT2D eigenvalue weighted by molar-refractivity contribution is 4.65. The maximum Gasteiger partial charge on any atom is 0.0591 e. The molecule has 0 spiro atoms. The Morgan fingerprint density at radius 3 is 2.79 bits per heavy atom. The molecule has 0 saturated carbocycles. The van der Waals surface area contributed by atoms with E-state index in [1.807, 2.05) is 6.08 Å². The van der Waals surface area contributed by atoms with Gasteiger partial charge in [-0.1, -0.05) is 6.08 Å². The molecule has 0 saturated heterocycles. The summed E-state index contributed by atoms with van der Waals surface area (Å²) in [4.78, 5) is 0.